The number of nitrogen functional groups attached to an aromatic ring is 1. The monoisotopic (exact) mass is 304 g/mol. The maximum Gasteiger partial charge on any atom is 0.305 e. The van der Waals surface area contributed by atoms with Crippen LogP contribution >= 0.6 is 0 Å². The van der Waals surface area contributed by atoms with Crippen molar-refractivity contribution >= 4 is 17.3 Å². The lowest BCUT2D eigenvalue weighted by Gasteiger charge is -2.15. The molecule has 0 radical (unpaired) electrons. The molecule has 1 aliphatic heterocycles. The molecular weight excluding hydrogens is 284 g/mol. The van der Waals surface area contributed by atoms with Crippen molar-refractivity contribution in [1.29, 1.82) is 0 Å². The van der Waals surface area contributed by atoms with Crippen LogP contribution in [0.4, 0.5) is 5.82 Å². The van der Waals surface area contributed by atoms with E-state index in [0.717, 1.165) is 17.6 Å². The molecule has 2 aromatic heterocycles. The number of nitrogens with zero attached hydrogens (tertiary/aromatic N) is 3. The molecule has 22 heavy (non-hydrogen) atoms. The zero-order valence-corrected chi connectivity index (χ0v) is 12.7. The lowest BCUT2D eigenvalue weighted by molar-refractivity contribution is -0.147. The number of ether oxygens (including phenoxy) is 2. The minimum atomic E-state index is -0.201. The van der Waals surface area contributed by atoms with Gasteiger partial charge in [-0.15, -0.1) is 0 Å². The summed E-state index contributed by atoms with van der Waals surface area (Å²) in [5.74, 6) is 0.549. The first-order valence-corrected chi connectivity index (χ1v) is 7.49. The molecular formula is C15H20N4O3. The Bertz CT molecular complexity index is 684. The van der Waals surface area contributed by atoms with E-state index >= 15 is 0 Å². The van der Waals surface area contributed by atoms with Crippen LogP contribution in [0.15, 0.2) is 18.5 Å². The lowest BCUT2D eigenvalue weighted by Crippen LogP contribution is -2.18. The summed E-state index contributed by atoms with van der Waals surface area (Å²) in [5.41, 5.74) is 7.57. The van der Waals surface area contributed by atoms with Crippen LogP contribution in [0.1, 0.15) is 38.5 Å². The molecule has 1 fully saturated rings. The maximum atomic E-state index is 11.3. The number of carbonyl (C=O) groups excluding carboxylic acids is 1. The molecule has 118 valence electrons. The van der Waals surface area contributed by atoms with E-state index in [9.17, 15) is 4.79 Å². The third-order valence-electron chi connectivity index (χ3n) is 4.01. The van der Waals surface area contributed by atoms with Gasteiger partial charge in [0, 0.05) is 6.42 Å². The third kappa shape index (κ3) is 2.64. The van der Waals surface area contributed by atoms with Gasteiger partial charge < -0.3 is 15.2 Å². The Morgan fingerprint density at radius 3 is 3.14 bits per heavy atom. The van der Waals surface area contributed by atoms with Crippen molar-refractivity contribution in [2.45, 2.75) is 38.9 Å². The molecule has 7 heteroatoms. The quantitative estimate of drug-likeness (QED) is 0.865. The second-order valence-corrected chi connectivity index (χ2v) is 5.63. The first-order valence-electron chi connectivity index (χ1n) is 7.49. The first kappa shape index (κ1) is 14.8. The van der Waals surface area contributed by atoms with E-state index in [1.165, 1.54) is 6.33 Å². The SMILES string of the molecule is CCC(=O)OCC1C[C@@H](C)C(c2ccc3c(N)ncnn23)O1. The van der Waals surface area contributed by atoms with Crippen LogP contribution in [0.5, 0.6) is 0 Å². The van der Waals surface area contributed by atoms with E-state index in [1.807, 2.05) is 12.1 Å². The summed E-state index contributed by atoms with van der Waals surface area (Å²) in [6.07, 6.45) is 2.48. The predicted octanol–water partition coefficient (Wildman–Crippen LogP) is 1.73. The first-order chi connectivity index (χ1) is 10.6. The highest BCUT2D eigenvalue weighted by Gasteiger charge is 2.35. The van der Waals surface area contributed by atoms with Gasteiger partial charge in [0.25, 0.3) is 0 Å². The fourth-order valence-corrected chi connectivity index (χ4v) is 2.88. The minimum Gasteiger partial charge on any atom is -0.463 e. The van der Waals surface area contributed by atoms with Gasteiger partial charge in [-0.05, 0) is 24.5 Å². The normalized spacial score (nSPS) is 24.7. The molecule has 0 saturated carbocycles. The largest absolute Gasteiger partial charge is 0.463 e. The average molecular weight is 304 g/mol. The Kier molecular flexibility index (Phi) is 3.98. The van der Waals surface area contributed by atoms with Gasteiger partial charge in [-0.25, -0.2) is 9.50 Å². The van der Waals surface area contributed by atoms with Gasteiger partial charge in [0.05, 0.1) is 11.8 Å². The van der Waals surface area contributed by atoms with E-state index in [4.69, 9.17) is 15.2 Å². The van der Waals surface area contributed by atoms with Crippen LogP contribution in [0.25, 0.3) is 5.52 Å². The Hall–Kier alpha value is -2.15. The van der Waals surface area contributed by atoms with Gasteiger partial charge >= 0.3 is 5.97 Å². The van der Waals surface area contributed by atoms with E-state index < -0.39 is 0 Å². The summed E-state index contributed by atoms with van der Waals surface area (Å²) in [6.45, 7) is 4.20. The number of nitrogens with two attached hydrogens (primary N) is 1. The summed E-state index contributed by atoms with van der Waals surface area (Å²) in [4.78, 5) is 15.2. The number of anilines is 1. The van der Waals surface area contributed by atoms with Gasteiger partial charge in [0.15, 0.2) is 5.82 Å². The molecule has 0 amide bonds. The summed E-state index contributed by atoms with van der Waals surface area (Å²) in [7, 11) is 0. The molecule has 2 N–H and O–H groups in total. The smallest absolute Gasteiger partial charge is 0.305 e. The van der Waals surface area contributed by atoms with Crippen LogP contribution in [-0.4, -0.2) is 33.3 Å². The molecule has 0 spiro atoms. The Labute approximate surface area is 128 Å². The molecule has 2 unspecified atom stereocenters. The zero-order chi connectivity index (χ0) is 15.7. The van der Waals surface area contributed by atoms with Crippen LogP contribution in [-0.2, 0) is 14.3 Å². The fraction of sp³-hybridized carbons (Fsp3) is 0.533. The van der Waals surface area contributed by atoms with Crippen molar-refractivity contribution in [3.63, 3.8) is 0 Å². The van der Waals surface area contributed by atoms with Crippen LogP contribution in [0, 0.1) is 5.92 Å². The molecule has 0 aromatic carbocycles. The molecule has 0 aliphatic carbocycles. The number of aromatic nitrogens is 3. The molecule has 3 rings (SSSR count). The van der Waals surface area contributed by atoms with Gasteiger partial charge in [0.2, 0.25) is 0 Å². The van der Waals surface area contributed by atoms with Crippen molar-refractivity contribution in [1.82, 2.24) is 14.6 Å². The number of carbonyl (C=O) groups is 1. The van der Waals surface area contributed by atoms with E-state index in [2.05, 4.69) is 17.0 Å². The highest BCUT2D eigenvalue weighted by atomic mass is 16.6. The molecule has 1 saturated heterocycles. The van der Waals surface area contributed by atoms with Crippen molar-refractivity contribution in [2.24, 2.45) is 5.92 Å². The maximum absolute atomic E-state index is 11.3. The number of esters is 1. The standard InChI is InChI=1S/C15H20N4O3/c1-3-13(20)21-7-10-6-9(2)14(22-10)11-4-5-12-15(16)17-8-18-19(11)12/h4-5,8-10,14H,3,6-7H2,1-2H3,(H2,16,17,18)/t9-,10?,14?/m1/s1. The summed E-state index contributed by atoms with van der Waals surface area (Å²) in [5, 5.41) is 4.25. The number of hydrogen-bond donors (Lipinski definition) is 1. The number of fused-ring (bicyclic) bond motifs is 1. The third-order valence-corrected chi connectivity index (χ3v) is 4.01. The van der Waals surface area contributed by atoms with Crippen molar-refractivity contribution < 1.29 is 14.3 Å². The molecule has 7 nitrogen and oxygen atoms in total. The van der Waals surface area contributed by atoms with Crippen LogP contribution in [0.3, 0.4) is 0 Å². The van der Waals surface area contributed by atoms with Gasteiger partial charge in [-0.2, -0.15) is 5.10 Å². The molecule has 0 bridgehead atoms. The fourth-order valence-electron chi connectivity index (χ4n) is 2.88. The van der Waals surface area contributed by atoms with Gasteiger partial charge in [0.1, 0.15) is 24.6 Å². The van der Waals surface area contributed by atoms with Crippen molar-refractivity contribution in [3.8, 4) is 0 Å². The lowest BCUT2D eigenvalue weighted by atomic mass is 10.00. The predicted molar refractivity (Wildman–Crippen MR) is 80.0 cm³/mol. The Balaban J connectivity index is 1.77. The molecule has 1 aliphatic rings. The highest BCUT2D eigenvalue weighted by Crippen LogP contribution is 2.38. The van der Waals surface area contributed by atoms with E-state index in [-0.39, 0.29) is 18.2 Å². The van der Waals surface area contributed by atoms with E-state index in [1.54, 1.807) is 11.4 Å². The topological polar surface area (TPSA) is 91.7 Å². The second kappa shape index (κ2) is 5.92. The molecule has 3 heterocycles. The molecule has 3 atom stereocenters. The summed E-state index contributed by atoms with van der Waals surface area (Å²) < 4.78 is 13.0. The highest BCUT2D eigenvalue weighted by molar-refractivity contribution is 5.68. The van der Waals surface area contributed by atoms with Crippen molar-refractivity contribution in [3.05, 3.63) is 24.2 Å². The van der Waals surface area contributed by atoms with Crippen LogP contribution < -0.4 is 5.73 Å². The second-order valence-electron chi connectivity index (χ2n) is 5.63. The summed E-state index contributed by atoms with van der Waals surface area (Å²) >= 11 is 0. The Morgan fingerprint density at radius 2 is 2.36 bits per heavy atom. The van der Waals surface area contributed by atoms with Gasteiger partial charge in [-0.3, -0.25) is 4.79 Å². The molecule has 2 aromatic rings. The summed E-state index contributed by atoms with van der Waals surface area (Å²) in [6, 6.07) is 3.85. The average Bonchev–Trinajstić information content (AvgIpc) is 3.09. The van der Waals surface area contributed by atoms with Crippen molar-refractivity contribution in [2.75, 3.05) is 12.3 Å². The number of hydrogen-bond acceptors (Lipinski definition) is 6. The van der Waals surface area contributed by atoms with Gasteiger partial charge in [-0.1, -0.05) is 13.8 Å². The van der Waals surface area contributed by atoms with Crippen LogP contribution in [0.2, 0.25) is 0 Å². The number of rotatable bonds is 4. The Morgan fingerprint density at radius 1 is 1.55 bits per heavy atom. The van der Waals surface area contributed by atoms with E-state index in [0.29, 0.717) is 24.8 Å². The zero-order valence-electron chi connectivity index (χ0n) is 12.7. The minimum absolute atomic E-state index is 0.0831.